The van der Waals surface area contributed by atoms with Crippen molar-refractivity contribution >= 4 is 11.6 Å². The quantitative estimate of drug-likeness (QED) is 0.603. The summed E-state index contributed by atoms with van der Waals surface area (Å²) >= 11 is 5.98. The summed E-state index contributed by atoms with van der Waals surface area (Å²) in [5.41, 5.74) is 2.00. The van der Waals surface area contributed by atoms with Gasteiger partial charge in [0.1, 0.15) is 5.76 Å². The Labute approximate surface area is 165 Å². The Morgan fingerprint density at radius 1 is 1.22 bits per heavy atom. The standard InChI is InChI=1S/C21H25ClN4O/c1-16-20(24-21(27-16)17-5-7-18(22)8-6-17)14-26-11-3-2-4-19(26)9-12-25-13-10-23-15-25/h5-8,10,13,15,19H,2-4,9,11-12,14H2,1H3/t19-/m1/s1. The zero-order valence-electron chi connectivity index (χ0n) is 15.6. The molecule has 0 bridgehead atoms. The van der Waals surface area contributed by atoms with Crippen LogP contribution in [0.25, 0.3) is 11.5 Å². The number of oxazole rings is 1. The minimum Gasteiger partial charge on any atom is -0.441 e. The lowest BCUT2D eigenvalue weighted by atomic mass is 9.99. The van der Waals surface area contributed by atoms with Crippen LogP contribution in [0, 0.1) is 6.92 Å². The fourth-order valence-corrected chi connectivity index (χ4v) is 3.92. The normalized spacial score (nSPS) is 18.1. The minimum atomic E-state index is 0.580. The second-order valence-corrected chi connectivity index (χ2v) is 7.67. The lowest BCUT2D eigenvalue weighted by molar-refractivity contribution is 0.126. The Bertz CT molecular complexity index is 857. The average Bonchev–Trinajstić information content (AvgIpc) is 3.32. The molecule has 0 saturated carbocycles. The number of aromatic nitrogens is 3. The van der Waals surface area contributed by atoms with Crippen molar-refractivity contribution in [1.29, 1.82) is 0 Å². The van der Waals surface area contributed by atoms with Crippen molar-refractivity contribution in [1.82, 2.24) is 19.4 Å². The first-order valence-corrected chi connectivity index (χ1v) is 9.99. The molecular formula is C21H25ClN4O. The van der Waals surface area contributed by atoms with Gasteiger partial charge in [-0.05, 0) is 57.0 Å². The summed E-state index contributed by atoms with van der Waals surface area (Å²) in [5.74, 6) is 1.57. The van der Waals surface area contributed by atoms with Gasteiger partial charge in [0, 0.05) is 42.1 Å². The summed E-state index contributed by atoms with van der Waals surface area (Å²) in [5, 5.41) is 0.719. The number of rotatable bonds is 6. The lowest BCUT2D eigenvalue weighted by Crippen LogP contribution is -2.39. The topological polar surface area (TPSA) is 47.1 Å². The SMILES string of the molecule is Cc1oc(-c2ccc(Cl)cc2)nc1CN1CCCC[C@@H]1CCn1ccnc1. The molecule has 1 saturated heterocycles. The van der Waals surface area contributed by atoms with Crippen molar-refractivity contribution in [3.8, 4) is 11.5 Å². The van der Waals surface area contributed by atoms with Crippen LogP contribution < -0.4 is 0 Å². The molecule has 3 aromatic rings. The molecule has 142 valence electrons. The van der Waals surface area contributed by atoms with Gasteiger partial charge in [-0.2, -0.15) is 0 Å². The molecule has 6 heteroatoms. The number of hydrogen-bond donors (Lipinski definition) is 0. The Morgan fingerprint density at radius 2 is 2.07 bits per heavy atom. The van der Waals surface area contributed by atoms with Crippen LogP contribution in [0.5, 0.6) is 0 Å². The molecule has 1 atom stereocenters. The van der Waals surface area contributed by atoms with Crippen LogP contribution in [0.2, 0.25) is 5.02 Å². The van der Waals surface area contributed by atoms with Gasteiger partial charge < -0.3 is 8.98 Å². The van der Waals surface area contributed by atoms with E-state index >= 15 is 0 Å². The highest BCUT2D eigenvalue weighted by molar-refractivity contribution is 6.30. The van der Waals surface area contributed by atoms with Gasteiger partial charge in [-0.3, -0.25) is 4.90 Å². The number of aryl methyl sites for hydroxylation is 2. The van der Waals surface area contributed by atoms with Crippen LogP contribution in [-0.4, -0.2) is 32.0 Å². The third kappa shape index (κ3) is 4.42. The highest BCUT2D eigenvalue weighted by atomic mass is 35.5. The van der Waals surface area contributed by atoms with E-state index in [1.165, 1.54) is 19.3 Å². The summed E-state index contributed by atoms with van der Waals surface area (Å²) in [6.07, 6.45) is 10.7. The number of likely N-dealkylation sites (tertiary alicyclic amines) is 1. The summed E-state index contributed by atoms with van der Waals surface area (Å²) < 4.78 is 8.10. The summed E-state index contributed by atoms with van der Waals surface area (Å²) in [6, 6.07) is 8.22. The van der Waals surface area contributed by atoms with Gasteiger partial charge in [0.05, 0.1) is 12.0 Å². The highest BCUT2D eigenvalue weighted by Gasteiger charge is 2.24. The van der Waals surface area contributed by atoms with Crippen molar-refractivity contribution in [2.45, 2.75) is 51.7 Å². The van der Waals surface area contributed by atoms with Crippen molar-refractivity contribution in [2.75, 3.05) is 6.54 Å². The summed E-state index contributed by atoms with van der Waals surface area (Å²) in [4.78, 5) is 11.5. The van der Waals surface area contributed by atoms with Crippen LogP contribution in [0.4, 0.5) is 0 Å². The predicted molar refractivity (Wildman–Crippen MR) is 107 cm³/mol. The van der Waals surface area contributed by atoms with Gasteiger partial charge in [0.25, 0.3) is 0 Å². The van der Waals surface area contributed by atoms with E-state index in [1.807, 2.05) is 49.9 Å². The number of benzene rings is 1. The van der Waals surface area contributed by atoms with E-state index in [2.05, 4.69) is 14.5 Å². The number of imidazole rings is 1. The number of piperidine rings is 1. The number of hydrogen-bond acceptors (Lipinski definition) is 4. The Balaban J connectivity index is 1.45. The molecule has 0 aliphatic carbocycles. The zero-order chi connectivity index (χ0) is 18.6. The van der Waals surface area contributed by atoms with Crippen molar-refractivity contribution in [3.63, 3.8) is 0 Å². The molecule has 1 aromatic carbocycles. The van der Waals surface area contributed by atoms with E-state index in [1.54, 1.807) is 0 Å². The second-order valence-electron chi connectivity index (χ2n) is 7.24. The molecule has 0 unspecified atom stereocenters. The van der Waals surface area contributed by atoms with Crippen molar-refractivity contribution in [2.24, 2.45) is 0 Å². The third-order valence-corrected chi connectivity index (χ3v) is 5.62. The van der Waals surface area contributed by atoms with Gasteiger partial charge >= 0.3 is 0 Å². The molecule has 2 aromatic heterocycles. The molecule has 5 nitrogen and oxygen atoms in total. The maximum atomic E-state index is 5.98. The van der Waals surface area contributed by atoms with E-state index in [9.17, 15) is 0 Å². The van der Waals surface area contributed by atoms with Crippen LogP contribution in [0.3, 0.4) is 0 Å². The molecule has 0 spiro atoms. The fourth-order valence-electron chi connectivity index (χ4n) is 3.80. The largest absolute Gasteiger partial charge is 0.441 e. The number of nitrogens with zero attached hydrogens (tertiary/aromatic N) is 4. The van der Waals surface area contributed by atoms with Crippen molar-refractivity contribution < 1.29 is 4.42 Å². The van der Waals surface area contributed by atoms with Gasteiger partial charge in [0.2, 0.25) is 5.89 Å². The van der Waals surface area contributed by atoms with Crippen molar-refractivity contribution in [3.05, 3.63) is 59.5 Å². The van der Waals surface area contributed by atoms with Gasteiger partial charge in [-0.15, -0.1) is 0 Å². The Hall–Kier alpha value is -2.11. The molecule has 1 fully saturated rings. The monoisotopic (exact) mass is 384 g/mol. The second kappa shape index (κ2) is 8.28. The predicted octanol–water partition coefficient (Wildman–Crippen LogP) is 4.94. The molecule has 27 heavy (non-hydrogen) atoms. The van der Waals surface area contributed by atoms with E-state index < -0.39 is 0 Å². The number of halogens is 1. The first-order chi connectivity index (χ1) is 13.2. The molecule has 1 aliphatic heterocycles. The highest BCUT2D eigenvalue weighted by Crippen LogP contribution is 2.27. The van der Waals surface area contributed by atoms with E-state index in [-0.39, 0.29) is 0 Å². The fraction of sp³-hybridized carbons (Fsp3) is 0.429. The molecule has 0 N–H and O–H groups in total. The van der Waals surface area contributed by atoms with Crippen LogP contribution in [0.1, 0.15) is 37.1 Å². The molecule has 1 aliphatic rings. The average molecular weight is 385 g/mol. The maximum absolute atomic E-state index is 5.98. The molecular weight excluding hydrogens is 360 g/mol. The first kappa shape index (κ1) is 18.3. The van der Waals surface area contributed by atoms with Gasteiger partial charge in [-0.1, -0.05) is 18.0 Å². The zero-order valence-corrected chi connectivity index (χ0v) is 16.4. The van der Waals surface area contributed by atoms with Gasteiger partial charge in [-0.25, -0.2) is 9.97 Å². The van der Waals surface area contributed by atoms with Crippen LogP contribution in [-0.2, 0) is 13.1 Å². The smallest absolute Gasteiger partial charge is 0.226 e. The van der Waals surface area contributed by atoms with E-state index in [0.29, 0.717) is 11.9 Å². The summed E-state index contributed by atoms with van der Waals surface area (Å²) in [6.45, 7) is 4.98. The molecule has 4 rings (SSSR count). The molecule has 0 radical (unpaired) electrons. The first-order valence-electron chi connectivity index (χ1n) is 9.61. The van der Waals surface area contributed by atoms with E-state index in [0.717, 1.165) is 48.1 Å². The Morgan fingerprint density at radius 3 is 2.85 bits per heavy atom. The maximum Gasteiger partial charge on any atom is 0.226 e. The van der Waals surface area contributed by atoms with Crippen LogP contribution >= 0.6 is 11.6 Å². The minimum absolute atomic E-state index is 0.580. The lowest BCUT2D eigenvalue weighted by Gasteiger charge is -2.35. The summed E-state index contributed by atoms with van der Waals surface area (Å²) in [7, 11) is 0. The molecule has 3 heterocycles. The van der Waals surface area contributed by atoms with Gasteiger partial charge in [0.15, 0.2) is 0 Å². The molecule has 0 amide bonds. The van der Waals surface area contributed by atoms with Crippen LogP contribution in [0.15, 0.2) is 47.4 Å². The Kier molecular flexibility index (Phi) is 5.60. The third-order valence-electron chi connectivity index (χ3n) is 5.37. The van der Waals surface area contributed by atoms with E-state index in [4.69, 9.17) is 21.0 Å².